The average Bonchev–Trinajstić information content (AvgIpc) is 2.48. The predicted molar refractivity (Wildman–Crippen MR) is 84.7 cm³/mol. The molecule has 0 aromatic carbocycles. The Morgan fingerprint density at radius 1 is 1.30 bits per heavy atom. The first-order valence-corrected chi connectivity index (χ1v) is 8.53. The molecule has 1 aliphatic carbocycles. The van der Waals surface area contributed by atoms with Crippen molar-refractivity contribution in [2.45, 2.75) is 43.0 Å². The van der Waals surface area contributed by atoms with Gasteiger partial charge in [-0.3, -0.25) is 4.79 Å². The molecule has 1 atom stereocenters. The van der Waals surface area contributed by atoms with Crippen LogP contribution in [0.1, 0.15) is 32.1 Å². The lowest BCUT2D eigenvalue weighted by atomic mass is 9.87. The van der Waals surface area contributed by atoms with Crippen LogP contribution < -0.4 is 5.32 Å². The molecular weight excluding hydrogens is 296 g/mol. The maximum atomic E-state index is 12.5. The highest BCUT2D eigenvalue weighted by molar-refractivity contribution is 8.00. The molecule has 1 amide bonds. The molecule has 0 aromatic rings. The molecule has 0 aromatic heterocycles. The van der Waals surface area contributed by atoms with Gasteiger partial charge in [0.05, 0.1) is 6.61 Å². The van der Waals surface area contributed by atoms with Crippen LogP contribution in [0.25, 0.3) is 0 Å². The lowest BCUT2D eigenvalue weighted by Crippen LogP contribution is -2.55. The second-order valence-corrected chi connectivity index (χ2v) is 7.48. The first-order valence-electron chi connectivity index (χ1n) is 7.54. The zero-order valence-electron chi connectivity index (χ0n) is 11.9. The van der Waals surface area contributed by atoms with E-state index in [0.717, 1.165) is 25.4 Å². The molecular formula is C14H25ClN2O2S. The van der Waals surface area contributed by atoms with Crippen molar-refractivity contribution in [1.29, 1.82) is 0 Å². The van der Waals surface area contributed by atoms with Crippen LogP contribution in [0, 0.1) is 0 Å². The van der Waals surface area contributed by atoms with Crippen molar-refractivity contribution in [3.8, 4) is 0 Å². The fourth-order valence-electron chi connectivity index (χ4n) is 3.46. The summed E-state index contributed by atoms with van der Waals surface area (Å²) in [6.45, 7) is 4.03. The maximum absolute atomic E-state index is 12.5. The minimum absolute atomic E-state index is 0. The number of carbonyl (C=O) groups is 1. The molecule has 116 valence electrons. The van der Waals surface area contributed by atoms with Crippen LogP contribution >= 0.6 is 24.2 Å². The fraction of sp³-hybridized carbons (Fsp3) is 0.929. The zero-order valence-corrected chi connectivity index (χ0v) is 13.6. The van der Waals surface area contributed by atoms with E-state index in [4.69, 9.17) is 4.74 Å². The van der Waals surface area contributed by atoms with E-state index in [1.54, 1.807) is 0 Å². The molecule has 3 fully saturated rings. The zero-order chi connectivity index (χ0) is 13.1. The van der Waals surface area contributed by atoms with Gasteiger partial charge in [0, 0.05) is 36.7 Å². The van der Waals surface area contributed by atoms with Gasteiger partial charge in [-0.05, 0) is 12.8 Å². The van der Waals surface area contributed by atoms with E-state index in [1.165, 1.54) is 32.1 Å². The molecule has 20 heavy (non-hydrogen) atoms. The van der Waals surface area contributed by atoms with Gasteiger partial charge in [-0.2, -0.15) is 11.8 Å². The van der Waals surface area contributed by atoms with E-state index < -0.39 is 0 Å². The predicted octanol–water partition coefficient (Wildman–Crippen LogP) is 1.67. The minimum atomic E-state index is -0.252. The second-order valence-electron chi connectivity index (χ2n) is 5.92. The largest absolute Gasteiger partial charge is 0.366 e. The van der Waals surface area contributed by atoms with Crippen molar-refractivity contribution in [3.05, 3.63) is 0 Å². The van der Waals surface area contributed by atoms with E-state index in [1.807, 2.05) is 0 Å². The lowest BCUT2D eigenvalue weighted by Gasteiger charge is -2.45. The second kappa shape index (κ2) is 7.34. The van der Waals surface area contributed by atoms with Gasteiger partial charge in [0.2, 0.25) is 0 Å². The summed E-state index contributed by atoms with van der Waals surface area (Å²) in [6.07, 6.45) is 6.34. The monoisotopic (exact) mass is 320 g/mol. The third-order valence-electron chi connectivity index (χ3n) is 4.53. The Balaban J connectivity index is 0.00000147. The molecule has 4 nitrogen and oxygen atoms in total. The van der Waals surface area contributed by atoms with Crippen molar-refractivity contribution in [2.24, 2.45) is 0 Å². The van der Waals surface area contributed by atoms with E-state index >= 15 is 0 Å². The van der Waals surface area contributed by atoms with E-state index in [-0.39, 0.29) is 24.4 Å². The summed E-state index contributed by atoms with van der Waals surface area (Å²) in [7, 11) is 0. The van der Waals surface area contributed by atoms with Crippen LogP contribution in [0.3, 0.4) is 0 Å². The van der Waals surface area contributed by atoms with Gasteiger partial charge in [-0.1, -0.05) is 19.3 Å². The van der Waals surface area contributed by atoms with Crippen molar-refractivity contribution in [2.75, 3.05) is 38.5 Å². The summed E-state index contributed by atoms with van der Waals surface area (Å²) in [5.41, 5.74) is 0. The van der Waals surface area contributed by atoms with Gasteiger partial charge in [0.25, 0.3) is 5.91 Å². The number of morpholine rings is 1. The molecule has 2 saturated heterocycles. The molecule has 1 unspecified atom stereocenters. The minimum Gasteiger partial charge on any atom is -0.366 e. The third kappa shape index (κ3) is 3.62. The summed E-state index contributed by atoms with van der Waals surface area (Å²) >= 11 is 2.10. The highest BCUT2D eigenvalue weighted by atomic mass is 35.5. The molecule has 1 saturated carbocycles. The Morgan fingerprint density at radius 3 is 2.80 bits per heavy atom. The van der Waals surface area contributed by atoms with Gasteiger partial charge in [-0.15, -0.1) is 12.4 Å². The number of nitrogens with one attached hydrogen (secondary N) is 1. The van der Waals surface area contributed by atoms with E-state index in [9.17, 15) is 4.79 Å². The van der Waals surface area contributed by atoms with Crippen LogP contribution in [0.4, 0.5) is 0 Å². The average molecular weight is 321 g/mol. The van der Waals surface area contributed by atoms with Crippen molar-refractivity contribution >= 4 is 30.1 Å². The van der Waals surface area contributed by atoms with Gasteiger partial charge in [0.15, 0.2) is 0 Å². The number of hydrogen-bond acceptors (Lipinski definition) is 4. The summed E-state index contributed by atoms with van der Waals surface area (Å²) in [6, 6.07) is 0. The summed E-state index contributed by atoms with van der Waals surface area (Å²) in [5.74, 6) is 1.30. The first kappa shape index (κ1) is 16.4. The highest BCUT2D eigenvalue weighted by Gasteiger charge is 2.40. The number of hydrogen-bond donors (Lipinski definition) is 1. The topological polar surface area (TPSA) is 41.6 Å². The van der Waals surface area contributed by atoms with Crippen LogP contribution in [0.5, 0.6) is 0 Å². The Kier molecular flexibility index (Phi) is 6.02. The molecule has 2 aliphatic heterocycles. The number of halogens is 1. The molecule has 0 bridgehead atoms. The lowest BCUT2D eigenvalue weighted by molar-refractivity contribution is -0.145. The van der Waals surface area contributed by atoms with Crippen molar-refractivity contribution in [1.82, 2.24) is 10.2 Å². The molecule has 1 spiro atoms. The SMILES string of the molecule is Cl.O=C(C1CNCCO1)N1CCSC2(CCCCC2)C1. The number of ether oxygens (including phenoxy) is 1. The Labute approximate surface area is 131 Å². The molecule has 2 heterocycles. The number of carbonyl (C=O) groups excluding carboxylic acids is 1. The summed E-state index contributed by atoms with van der Waals surface area (Å²) < 4.78 is 5.96. The summed E-state index contributed by atoms with van der Waals surface area (Å²) in [4.78, 5) is 14.6. The molecule has 0 radical (unpaired) electrons. The molecule has 3 aliphatic rings. The number of thioether (sulfide) groups is 1. The normalized spacial score (nSPS) is 29.8. The number of nitrogens with zero attached hydrogens (tertiary/aromatic N) is 1. The Hall–Kier alpha value is 0.0300. The molecule has 3 rings (SSSR count). The quantitative estimate of drug-likeness (QED) is 0.798. The molecule has 6 heteroatoms. The summed E-state index contributed by atoms with van der Waals surface area (Å²) in [5, 5.41) is 3.25. The van der Waals surface area contributed by atoms with Crippen LogP contribution in [0.2, 0.25) is 0 Å². The van der Waals surface area contributed by atoms with Crippen molar-refractivity contribution < 1.29 is 9.53 Å². The smallest absolute Gasteiger partial charge is 0.253 e. The number of amides is 1. The van der Waals surface area contributed by atoms with Crippen LogP contribution in [-0.4, -0.2) is 60.2 Å². The van der Waals surface area contributed by atoms with Gasteiger partial charge in [0.1, 0.15) is 6.10 Å². The Morgan fingerprint density at radius 2 is 2.10 bits per heavy atom. The highest BCUT2D eigenvalue weighted by Crippen LogP contribution is 2.42. The van der Waals surface area contributed by atoms with Crippen LogP contribution in [0.15, 0.2) is 0 Å². The van der Waals surface area contributed by atoms with Gasteiger partial charge in [-0.25, -0.2) is 0 Å². The van der Waals surface area contributed by atoms with Crippen LogP contribution in [-0.2, 0) is 9.53 Å². The maximum Gasteiger partial charge on any atom is 0.253 e. The Bertz CT molecular complexity index is 326. The standard InChI is InChI=1S/C14H24N2O2S.ClH/c17-13(12-10-15-6-8-18-12)16-7-9-19-14(11-16)4-2-1-3-5-14;/h12,15H,1-11H2;1H. The van der Waals surface area contributed by atoms with Crippen molar-refractivity contribution in [3.63, 3.8) is 0 Å². The van der Waals surface area contributed by atoms with E-state index in [0.29, 0.717) is 17.9 Å². The number of rotatable bonds is 1. The van der Waals surface area contributed by atoms with Gasteiger partial charge >= 0.3 is 0 Å². The third-order valence-corrected chi connectivity index (χ3v) is 6.06. The first-order chi connectivity index (χ1) is 9.29. The molecule has 1 N–H and O–H groups in total. The van der Waals surface area contributed by atoms with E-state index in [2.05, 4.69) is 22.0 Å². The van der Waals surface area contributed by atoms with Gasteiger partial charge < -0.3 is 15.0 Å². The fourth-order valence-corrected chi connectivity index (χ4v) is 5.03.